The van der Waals surface area contributed by atoms with E-state index in [0.29, 0.717) is 13.1 Å². The van der Waals surface area contributed by atoms with E-state index in [-0.39, 0.29) is 0 Å². The van der Waals surface area contributed by atoms with Crippen LogP contribution in [0.5, 0.6) is 5.75 Å². The minimum absolute atomic E-state index is 0.516. The maximum Gasteiger partial charge on any atom is 0.328 e. The highest BCUT2D eigenvalue weighted by Crippen LogP contribution is 2.29. The zero-order chi connectivity index (χ0) is 14.4. The number of aryl methyl sites for hydroxylation is 2. The third-order valence-electron chi connectivity index (χ3n) is 3.14. The Bertz CT molecular complexity index is 493. The van der Waals surface area contributed by atoms with E-state index in [4.69, 9.17) is 9.84 Å². The molecule has 0 aliphatic rings. The first-order valence-electron chi connectivity index (χ1n) is 6.21. The average molecular weight is 263 g/mol. The molecule has 0 saturated heterocycles. The van der Waals surface area contributed by atoms with Gasteiger partial charge < -0.3 is 15.2 Å². The SMILES string of the molecule is COc1c(C)c(C)cc(C)c1CNC/C=C/C(=O)O. The summed E-state index contributed by atoms with van der Waals surface area (Å²) in [5, 5.41) is 11.7. The Hall–Kier alpha value is -1.81. The normalized spacial score (nSPS) is 10.9. The van der Waals surface area contributed by atoms with Crippen LogP contribution in [0.15, 0.2) is 18.2 Å². The second kappa shape index (κ2) is 6.95. The molecule has 0 saturated carbocycles. The molecule has 0 spiro atoms. The van der Waals surface area contributed by atoms with Crippen molar-refractivity contribution in [2.24, 2.45) is 0 Å². The van der Waals surface area contributed by atoms with Crippen molar-refractivity contribution < 1.29 is 14.6 Å². The molecule has 0 amide bonds. The third kappa shape index (κ3) is 4.10. The van der Waals surface area contributed by atoms with Crippen LogP contribution in [-0.2, 0) is 11.3 Å². The molecule has 1 aromatic carbocycles. The van der Waals surface area contributed by atoms with Crippen molar-refractivity contribution in [2.45, 2.75) is 27.3 Å². The number of methoxy groups -OCH3 is 1. The number of benzene rings is 1. The molecule has 0 aliphatic heterocycles. The molecule has 4 nitrogen and oxygen atoms in total. The second-order valence-electron chi connectivity index (χ2n) is 4.52. The summed E-state index contributed by atoms with van der Waals surface area (Å²) in [6.07, 6.45) is 2.72. The predicted octanol–water partition coefficient (Wildman–Crippen LogP) is 2.35. The standard InChI is InChI=1S/C15H21NO3/c1-10-8-11(2)13(15(19-4)12(10)3)9-16-7-5-6-14(17)18/h5-6,8,16H,7,9H2,1-4H3,(H,17,18)/b6-5+. The monoisotopic (exact) mass is 263 g/mol. The van der Waals surface area contributed by atoms with E-state index in [2.05, 4.69) is 25.2 Å². The second-order valence-corrected chi connectivity index (χ2v) is 4.52. The maximum absolute atomic E-state index is 10.3. The lowest BCUT2D eigenvalue weighted by Crippen LogP contribution is -2.15. The van der Waals surface area contributed by atoms with Gasteiger partial charge in [-0.3, -0.25) is 0 Å². The Morgan fingerprint density at radius 3 is 2.63 bits per heavy atom. The number of carbonyl (C=O) groups is 1. The molecule has 104 valence electrons. The molecule has 4 heteroatoms. The number of ether oxygens (including phenoxy) is 1. The van der Waals surface area contributed by atoms with Crippen molar-refractivity contribution >= 4 is 5.97 Å². The van der Waals surface area contributed by atoms with Gasteiger partial charge in [0.1, 0.15) is 5.75 Å². The molecule has 1 rings (SSSR count). The number of nitrogens with one attached hydrogen (secondary N) is 1. The molecule has 1 aromatic rings. The number of carboxylic acid groups (broad SMARTS) is 1. The lowest BCUT2D eigenvalue weighted by atomic mass is 9.99. The van der Waals surface area contributed by atoms with E-state index >= 15 is 0 Å². The maximum atomic E-state index is 10.3. The van der Waals surface area contributed by atoms with Crippen LogP contribution in [0.1, 0.15) is 22.3 Å². The van der Waals surface area contributed by atoms with E-state index in [9.17, 15) is 4.79 Å². The number of carboxylic acids is 1. The van der Waals surface area contributed by atoms with Gasteiger partial charge in [-0.15, -0.1) is 0 Å². The van der Waals surface area contributed by atoms with Crippen molar-refractivity contribution in [3.63, 3.8) is 0 Å². The first-order chi connectivity index (χ1) is 8.97. The molecule has 2 N–H and O–H groups in total. The lowest BCUT2D eigenvalue weighted by molar-refractivity contribution is -0.131. The highest BCUT2D eigenvalue weighted by molar-refractivity contribution is 5.79. The minimum atomic E-state index is -0.929. The van der Waals surface area contributed by atoms with Gasteiger partial charge >= 0.3 is 5.97 Å². The van der Waals surface area contributed by atoms with Crippen molar-refractivity contribution in [2.75, 3.05) is 13.7 Å². The Morgan fingerprint density at radius 2 is 2.05 bits per heavy atom. The van der Waals surface area contributed by atoms with E-state index in [1.165, 1.54) is 11.1 Å². The number of aliphatic carboxylic acids is 1. The van der Waals surface area contributed by atoms with Gasteiger partial charge in [-0.2, -0.15) is 0 Å². The Balaban J connectivity index is 2.78. The molecule has 0 aliphatic carbocycles. The molecule has 0 radical (unpaired) electrons. The minimum Gasteiger partial charge on any atom is -0.496 e. The molecule has 0 aromatic heterocycles. The number of hydrogen-bond donors (Lipinski definition) is 2. The molecule has 0 bridgehead atoms. The third-order valence-corrected chi connectivity index (χ3v) is 3.14. The summed E-state index contributed by atoms with van der Waals surface area (Å²) in [6.45, 7) is 7.33. The van der Waals surface area contributed by atoms with Gasteiger partial charge in [0, 0.05) is 24.7 Å². The van der Waals surface area contributed by atoms with Crippen LogP contribution in [0.4, 0.5) is 0 Å². The fraction of sp³-hybridized carbons (Fsp3) is 0.400. The number of hydrogen-bond acceptors (Lipinski definition) is 3. The largest absolute Gasteiger partial charge is 0.496 e. The highest BCUT2D eigenvalue weighted by Gasteiger charge is 2.11. The first kappa shape index (κ1) is 15.2. The quantitative estimate of drug-likeness (QED) is 0.611. The van der Waals surface area contributed by atoms with Crippen LogP contribution in [0.25, 0.3) is 0 Å². The molecule has 0 unspecified atom stereocenters. The van der Waals surface area contributed by atoms with Crippen LogP contribution in [-0.4, -0.2) is 24.7 Å². The van der Waals surface area contributed by atoms with Gasteiger partial charge in [0.2, 0.25) is 0 Å². The Labute approximate surface area is 114 Å². The summed E-state index contributed by atoms with van der Waals surface area (Å²) >= 11 is 0. The first-order valence-corrected chi connectivity index (χ1v) is 6.21. The fourth-order valence-corrected chi connectivity index (χ4v) is 2.04. The lowest BCUT2D eigenvalue weighted by Gasteiger charge is -2.16. The van der Waals surface area contributed by atoms with Crippen LogP contribution in [0.3, 0.4) is 0 Å². The molecular formula is C15H21NO3. The molecular weight excluding hydrogens is 242 g/mol. The van der Waals surface area contributed by atoms with E-state index in [1.807, 2.05) is 6.92 Å². The Kier molecular flexibility index (Phi) is 5.57. The highest BCUT2D eigenvalue weighted by atomic mass is 16.5. The zero-order valence-corrected chi connectivity index (χ0v) is 11.9. The van der Waals surface area contributed by atoms with Crippen molar-refractivity contribution in [1.29, 1.82) is 0 Å². The molecule has 19 heavy (non-hydrogen) atoms. The van der Waals surface area contributed by atoms with E-state index < -0.39 is 5.97 Å². The smallest absolute Gasteiger partial charge is 0.328 e. The summed E-state index contributed by atoms with van der Waals surface area (Å²) < 4.78 is 5.48. The van der Waals surface area contributed by atoms with Gasteiger partial charge in [-0.1, -0.05) is 12.1 Å². The molecule has 0 heterocycles. The van der Waals surface area contributed by atoms with Crippen LogP contribution in [0.2, 0.25) is 0 Å². The predicted molar refractivity (Wildman–Crippen MR) is 75.7 cm³/mol. The topological polar surface area (TPSA) is 58.6 Å². The molecule has 0 atom stereocenters. The van der Waals surface area contributed by atoms with Gasteiger partial charge in [0.15, 0.2) is 0 Å². The van der Waals surface area contributed by atoms with Crippen molar-refractivity contribution in [3.05, 3.63) is 40.5 Å². The fourth-order valence-electron chi connectivity index (χ4n) is 2.04. The summed E-state index contributed by atoms with van der Waals surface area (Å²) in [4.78, 5) is 10.3. The zero-order valence-electron chi connectivity index (χ0n) is 11.9. The summed E-state index contributed by atoms with van der Waals surface area (Å²) in [5.74, 6) is -0.0195. The summed E-state index contributed by atoms with van der Waals surface area (Å²) in [5.41, 5.74) is 4.65. The molecule has 0 fully saturated rings. The van der Waals surface area contributed by atoms with Crippen molar-refractivity contribution in [3.8, 4) is 5.75 Å². The average Bonchev–Trinajstić information content (AvgIpc) is 2.34. The van der Waals surface area contributed by atoms with E-state index in [1.54, 1.807) is 13.2 Å². The summed E-state index contributed by atoms with van der Waals surface area (Å²) in [7, 11) is 1.68. The van der Waals surface area contributed by atoms with Gasteiger partial charge in [0.05, 0.1) is 7.11 Å². The van der Waals surface area contributed by atoms with Crippen LogP contribution >= 0.6 is 0 Å². The van der Waals surface area contributed by atoms with E-state index in [0.717, 1.165) is 23.0 Å². The number of rotatable bonds is 6. The Morgan fingerprint density at radius 1 is 1.37 bits per heavy atom. The van der Waals surface area contributed by atoms with Crippen LogP contribution in [0, 0.1) is 20.8 Å². The van der Waals surface area contributed by atoms with Gasteiger partial charge in [-0.05, 0) is 37.5 Å². The summed E-state index contributed by atoms with van der Waals surface area (Å²) in [6, 6.07) is 2.14. The van der Waals surface area contributed by atoms with Crippen molar-refractivity contribution in [1.82, 2.24) is 5.32 Å². The van der Waals surface area contributed by atoms with Gasteiger partial charge in [0.25, 0.3) is 0 Å². The van der Waals surface area contributed by atoms with Gasteiger partial charge in [-0.25, -0.2) is 4.79 Å². The van der Waals surface area contributed by atoms with Crippen LogP contribution < -0.4 is 10.1 Å².